The molecule has 0 aliphatic rings. The normalized spacial score (nSPS) is 8.62. The van der Waals surface area contributed by atoms with Crippen LogP contribution in [0, 0.1) is 0 Å². The molecule has 0 saturated carbocycles. The maximum Gasteiger partial charge on any atom is 0.236 e. The summed E-state index contributed by atoms with van der Waals surface area (Å²) in [5, 5.41) is 0.704. The van der Waals surface area contributed by atoms with Crippen LogP contribution in [0.5, 0.6) is 0 Å². The Kier molecular flexibility index (Phi) is 7.48. The summed E-state index contributed by atoms with van der Waals surface area (Å²) in [5.41, 5.74) is 0. The van der Waals surface area contributed by atoms with E-state index in [9.17, 15) is 4.79 Å². The number of benzene rings is 1. The van der Waals surface area contributed by atoms with E-state index in [0.717, 1.165) is 0 Å². The van der Waals surface area contributed by atoms with E-state index >= 15 is 0 Å². The van der Waals surface area contributed by atoms with Crippen LogP contribution in [-0.2, 0) is 4.79 Å². The highest BCUT2D eigenvalue weighted by molar-refractivity contribution is 6.67. The van der Waals surface area contributed by atoms with Crippen LogP contribution in [0.15, 0.2) is 24.3 Å². The van der Waals surface area contributed by atoms with Crippen molar-refractivity contribution in [2.45, 2.75) is 0 Å². The van der Waals surface area contributed by atoms with Crippen LogP contribution >= 0.6 is 46.4 Å². The SMILES string of the molecule is Clc1ccccc1Cl.O=C(Cl)CCl. The molecule has 13 heavy (non-hydrogen) atoms. The van der Waals surface area contributed by atoms with Crippen LogP contribution in [-0.4, -0.2) is 11.1 Å². The summed E-state index contributed by atoms with van der Waals surface area (Å²) in [6.45, 7) is 0. The molecule has 0 bridgehead atoms. The van der Waals surface area contributed by atoms with Gasteiger partial charge in [0, 0.05) is 0 Å². The third-order valence-corrected chi connectivity index (χ3v) is 2.20. The zero-order valence-corrected chi connectivity index (χ0v) is 9.46. The monoisotopic (exact) mass is 258 g/mol. The van der Waals surface area contributed by atoms with Crippen molar-refractivity contribution >= 4 is 51.6 Å². The summed E-state index contributed by atoms with van der Waals surface area (Å²) in [4.78, 5) is 9.45. The Morgan fingerprint density at radius 3 is 1.62 bits per heavy atom. The van der Waals surface area contributed by atoms with Gasteiger partial charge in [0.1, 0.15) is 0 Å². The predicted octanol–water partition coefficient (Wildman–Crippen LogP) is 3.98. The second kappa shape index (κ2) is 7.45. The summed E-state index contributed by atoms with van der Waals surface area (Å²) in [5.74, 6) is -0.0957. The quantitative estimate of drug-likeness (QED) is 0.551. The molecule has 1 rings (SSSR count). The van der Waals surface area contributed by atoms with Gasteiger partial charge in [0.15, 0.2) is 0 Å². The van der Waals surface area contributed by atoms with Crippen molar-refractivity contribution in [1.29, 1.82) is 0 Å². The molecule has 0 aromatic heterocycles. The van der Waals surface area contributed by atoms with Crippen molar-refractivity contribution in [2.24, 2.45) is 0 Å². The lowest BCUT2D eigenvalue weighted by molar-refractivity contribution is -0.109. The molecule has 0 radical (unpaired) electrons. The van der Waals surface area contributed by atoms with Gasteiger partial charge >= 0.3 is 0 Å². The van der Waals surface area contributed by atoms with Crippen molar-refractivity contribution in [3.63, 3.8) is 0 Å². The largest absolute Gasteiger partial charge is 0.280 e. The lowest BCUT2D eigenvalue weighted by atomic mass is 10.4. The van der Waals surface area contributed by atoms with Crippen LogP contribution in [0.4, 0.5) is 0 Å². The van der Waals surface area contributed by atoms with Gasteiger partial charge in [-0.25, -0.2) is 0 Å². The highest BCUT2D eigenvalue weighted by Gasteiger charge is 1.89. The number of alkyl halides is 1. The van der Waals surface area contributed by atoms with Crippen LogP contribution < -0.4 is 0 Å². The molecule has 0 atom stereocenters. The van der Waals surface area contributed by atoms with Gasteiger partial charge < -0.3 is 0 Å². The van der Waals surface area contributed by atoms with Gasteiger partial charge in [-0.05, 0) is 23.7 Å². The van der Waals surface area contributed by atoms with Gasteiger partial charge in [0.2, 0.25) is 5.24 Å². The van der Waals surface area contributed by atoms with Crippen molar-refractivity contribution in [2.75, 3.05) is 5.88 Å². The molecule has 0 saturated heterocycles. The van der Waals surface area contributed by atoms with Crippen LogP contribution in [0.3, 0.4) is 0 Å². The fraction of sp³-hybridized carbons (Fsp3) is 0.125. The van der Waals surface area contributed by atoms with Crippen molar-refractivity contribution in [3.05, 3.63) is 34.3 Å². The van der Waals surface area contributed by atoms with E-state index in [1.54, 1.807) is 12.1 Å². The molecule has 0 aliphatic heterocycles. The van der Waals surface area contributed by atoms with Gasteiger partial charge in [0.25, 0.3) is 0 Å². The fourth-order valence-corrected chi connectivity index (χ4v) is 0.711. The first kappa shape index (κ1) is 13.1. The number of carbonyl (C=O) groups is 1. The second-order valence-corrected chi connectivity index (χ2v) is 3.41. The fourth-order valence-electron chi connectivity index (χ4n) is 0.439. The minimum absolute atomic E-state index is 0.0957. The standard InChI is InChI=1S/C6H4Cl2.C2H2Cl2O/c7-5-3-1-2-4-6(5)8;3-1-2(4)5/h1-4H;1H2. The zero-order chi connectivity index (χ0) is 10.3. The Morgan fingerprint density at radius 2 is 1.46 bits per heavy atom. The number of hydrogen-bond donors (Lipinski definition) is 0. The van der Waals surface area contributed by atoms with Crippen molar-refractivity contribution in [3.8, 4) is 0 Å². The van der Waals surface area contributed by atoms with Crippen LogP contribution in [0.25, 0.3) is 0 Å². The van der Waals surface area contributed by atoms with Gasteiger partial charge in [-0.3, -0.25) is 4.79 Å². The lowest BCUT2D eigenvalue weighted by Gasteiger charge is -1.88. The third kappa shape index (κ3) is 7.15. The van der Waals surface area contributed by atoms with E-state index in [0.29, 0.717) is 10.0 Å². The first-order valence-electron chi connectivity index (χ1n) is 3.22. The lowest BCUT2D eigenvalue weighted by Crippen LogP contribution is -1.81. The summed E-state index contributed by atoms with van der Waals surface area (Å²) < 4.78 is 0. The molecular formula is C8H6Cl4O. The Morgan fingerprint density at radius 1 is 1.15 bits per heavy atom. The first-order chi connectivity index (χ1) is 6.07. The molecule has 0 amide bonds. The third-order valence-electron chi connectivity index (χ3n) is 0.929. The predicted molar refractivity (Wildman–Crippen MR) is 58.0 cm³/mol. The highest BCUT2D eigenvalue weighted by Crippen LogP contribution is 2.19. The number of rotatable bonds is 1. The number of carbonyl (C=O) groups excluding carboxylic acids is 1. The van der Waals surface area contributed by atoms with Crippen molar-refractivity contribution < 1.29 is 4.79 Å². The molecule has 0 heterocycles. The highest BCUT2D eigenvalue weighted by atomic mass is 35.5. The molecule has 1 nitrogen and oxygen atoms in total. The molecule has 72 valence electrons. The molecule has 1 aromatic rings. The average Bonchev–Trinajstić information content (AvgIpc) is 2.11. The number of halogens is 4. The molecule has 0 aliphatic carbocycles. The number of hydrogen-bond acceptors (Lipinski definition) is 1. The Balaban J connectivity index is 0.000000252. The Hall–Kier alpha value is 0.0500. The van der Waals surface area contributed by atoms with E-state index in [2.05, 4.69) is 0 Å². The van der Waals surface area contributed by atoms with E-state index in [-0.39, 0.29) is 5.88 Å². The topological polar surface area (TPSA) is 17.1 Å². The van der Waals surface area contributed by atoms with E-state index < -0.39 is 5.24 Å². The molecule has 0 N–H and O–H groups in total. The van der Waals surface area contributed by atoms with Gasteiger partial charge in [-0.2, -0.15) is 0 Å². The van der Waals surface area contributed by atoms with Crippen LogP contribution in [0.1, 0.15) is 0 Å². The van der Waals surface area contributed by atoms with E-state index in [1.165, 1.54) is 0 Å². The van der Waals surface area contributed by atoms with Gasteiger partial charge in [-0.15, -0.1) is 11.6 Å². The smallest absolute Gasteiger partial charge is 0.236 e. The van der Waals surface area contributed by atoms with E-state index in [1.807, 2.05) is 12.1 Å². The molecule has 5 heteroatoms. The summed E-state index contributed by atoms with van der Waals surface area (Å²) in [6.07, 6.45) is 0. The second-order valence-electron chi connectivity index (χ2n) is 1.90. The molecule has 1 aromatic carbocycles. The van der Waals surface area contributed by atoms with Crippen molar-refractivity contribution in [1.82, 2.24) is 0 Å². The van der Waals surface area contributed by atoms with E-state index in [4.69, 9.17) is 46.4 Å². The zero-order valence-electron chi connectivity index (χ0n) is 6.44. The minimum Gasteiger partial charge on any atom is -0.280 e. The van der Waals surface area contributed by atoms with Gasteiger partial charge in [-0.1, -0.05) is 35.3 Å². The molecule has 0 unspecified atom stereocenters. The first-order valence-corrected chi connectivity index (χ1v) is 4.89. The molecular weight excluding hydrogens is 254 g/mol. The summed E-state index contributed by atoms with van der Waals surface area (Å²) >= 11 is 20.7. The summed E-state index contributed by atoms with van der Waals surface area (Å²) in [7, 11) is 0. The van der Waals surface area contributed by atoms with Gasteiger partial charge in [0.05, 0.1) is 15.9 Å². The maximum absolute atomic E-state index is 9.45. The summed E-state index contributed by atoms with van der Waals surface area (Å²) in [6, 6.07) is 7.19. The minimum atomic E-state index is -0.508. The molecule has 0 fully saturated rings. The maximum atomic E-state index is 9.45. The molecule has 0 spiro atoms. The Labute approximate surface area is 96.5 Å². The average molecular weight is 260 g/mol. The van der Waals surface area contributed by atoms with Crippen LogP contribution in [0.2, 0.25) is 10.0 Å². The Bertz CT molecular complexity index is 254.